The van der Waals surface area contributed by atoms with Crippen LogP contribution in [-0.2, 0) is 7.05 Å². The number of hydrogen-bond acceptors (Lipinski definition) is 2. The fourth-order valence-electron chi connectivity index (χ4n) is 2.12. The summed E-state index contributed by atoms with van der Waals surface area (Å²) in [4.78, 5) is 0. The van der Waals surface area contributed by atoms with Crippen LogP contribution >= 0.6 is 0 Å². The molecule has 0 spiro atoms. The molecule has 2 aromatic rings. The van der Waals surface area contributed by atoms with Crippen molar-refractivity contribution in [3.63, 3.8) is 0 Å². The molecule has 2 N–H and O–H groups in total. The number of fused-ring (bicyclic) bond motifs is 1. The van der Waals surface area contributed by atoms with E-state index >= 15 is 0 Å². The predicted octanol–water partition coefficient (Wildman–Crippen LogP) is 2.03. The molecule has 3 nitrogen and oxygen atoms in total. The van der Waals surface area contributed by atoms with Gasteiger partial charge in [-0.1, -0.05) is 6.07 Å². The highest BCUT2D eigenvalue weighted by Gasteiger charge is 2.29. The number of aryl methyl sites for hydroxylation is 1. The van der Waals surface area contributed by atoms with Gasteiger partial charge in [-0.15, -0.1) is 0 Å². The second-order valence-corrected chi connectivity index (χ2v) is 4.02. The quantitative estimate of drug-likeness (QED) is 0.694. The first-order chi connectivity index (χ1) is 6.77. The zero-order valence-electron chi connectivity index (χ0n) is 8.20. The summed E-state index contributed by atoms with van der Waals surface area (Å²) >= 11 is 0. The monoisotopic (exact) mass is 187 g/mol. The molecule has 1 saturated carbocycles. The van der Waals surface area contributed by atoms with E-state index < -0.39 is 0 Å². The minimum Gasteiger partial charge on any atom is -0.398 e. The normalized spacial score (nSPS) is 16.4. The molecular formula is C11H13N3. The lowest BCUT2D eigenvalue weighted by Gasteiger charge is -2.00. The van der Waals surface area contributed by atoms with Crippen molar-refractivity contribution in [1.29, 1.82) is 0 Å². The molecule has 0 aliphatic heterocycles. The van der Waals surface area contributed by atoms with E-state index in [1.54, 1.807) is 0 Å². The Morgan fingerprint density at radius 1 is 1.43 bits per heavy atom. The van der Waals surface area contributed by atoms with Gasteiger partial charge in [-0.3, -0.25) is 4.68 Å². The summed E-state index contributed by atoms with van der Waals surface area (Å²) in [5.41, 5.74) is 9.18. The van der Waals surface area contributed by atoms with Gasteiger partial charge in [0.25, 0.3) is 0 Å². The van der Waals surface area contributed by atoms with Crippen LogP contribution in [0.15, 0.2) is 18.2 Å². The smallest absolute Gasteiger partial charge is 0.0947 e. The zero-order valence-corrected chi connectivity index (χ0v) is 8.20. The van der Waals surface area contributed by atoms with Gasteiger partial charge in [0.15, 0.2) is 0 Å². The molecule has 0 unspecified atom stereocenters. The number of nitrogens with two attached hydrogens (primary N) is 1. The van der Waals surface area contributed by atoms with Crippen LogP contribution in [0.4, 0.5) is 5.69 Å². The highest BCUT2D eigenvalue weighted by Crippen LogP contribution is 2.44. The summed E-state index contributed by atoms with van der Waals surface area (Å²) in [6, 6.07) is 5.94. The number of anilines is 1. The lowest BCUT2D eigenvalue weighted by molar-refractivity contribution is 0.724. The third-order valence-corrected chi connectivity index (χ3v) is 2.90. The van der Waals surface area contributed by atoms with Crippen molar-refractivity contribution < 1.29 is 0 Å². The predicted molar refractivity (Wildman–Crippen MR) is 57.1 cm³/mol. The maximum Gasteiger partial charge on any atom is 0.0947 e. The number of hydrogen-bond donors (Lipinski definition) is 1. The van der Waals surface area contributed by atoms with E-state index in [9.17, 15) is 0 Å². The summed E-state index contributed by atoms with van der Waals surface area (Å²) in [6.45, 7) is 0. The number of nitrogen functional groups attached to an aromatic ring is 1. The summed E-state index contributed by atoms with van der Waals surface area (Å²) in [6.07, 6.45) is 2.56. The van der Waals surface area contributed by atoms with Gasteiger partial charge in [0.2, 0.25) is 0 Å². The highest BCUT2D eigenvalue weighted by molar-refractivity contribution is 5.93. The molecule has 72 valence electrons. The maximum absolute atomic E-state index is 5.98. The molecule has 1 aliphatic carbocycles. The van der Waals surface area contributed by atoms with Crippen molar-refractivity contribution >= 4 is 16.6 Å². The van der Waals surface area contributed by atoms with Gasteiger partial charge >= 0.3 is 0 Å². The molecule has 14 heavy (non-hydrogen) atoms. The first kappa shape index (κ1) is 7.85. The van der Waals surface area contributed by atoms with Crippen molar-refractivity contribution in [2.45, 2.75) is 18.8 Å². The maximum atomic E-state index is 5.98. The Morgan fingerprint density at radius 3 is 2.93 bits per heavy atom. The third-order valence-electron chi connectivity index (χ3n) is 2.90. The Hall–Kier alpha value is -1.51. The van der Waals surface area contributed by atoms with Gasteiger partial charge < -0.3 is 5.73 Å². The van der Waals surface area contributed by atoms with E-state index in [4.69, 9.17) is 5.73 Å². The first-order valence-electron chi connectivity index (χ1n) is 4.98. The van der Waals surface area contributed by atoms with E-state index in [1.807, 2.05) is 29.9 Å². The molecule has 3 rings (SSSR count). The number of rotatable bonds is 1. The van der Waals surface area contributed by atoms with E-state index in [1.165, 1.54) is 18.5 Å². The zero-order chi connectivity index (χ0) is 9.71. The molecule has 1 fully saturated rings. The Bertz CT molecular complexity index is 494. The van der Waals surface area contributed by atoms with Crippen LogP contribution in [0.25, 0.3) is 10.9 Å². The van der Waals surface area contributed by atoms with Crippen LogP contribution in [-0.4, -0.2) is 9.78 Å². The molecule has 0 atom stereocenters. The molecule has 1 aromatic carbocycles. The Labute approximate surface area is 82.5 Å². The molecule has 3 heteroatoms. The van der Waals surface area contributed by atoms with Gasteiger partial charge in [0, 0.05) is 24.0 Å². The van der Waals surface area contributed by atoms with Crippen LogP contribution in [0.2, 0.25) is 0 Å². The van der Waals surface area contributed by atoms with Crippen LogP contribution in [0.1, 0.15) is 24.5 Å². The lowest BCUT2D eigenvalue weighted by atomic mass is 10.1. The largest absolute Gasteiger partial charge is 0.398 e. The van der Waals surface area contributed by atoms with Crippen molar-refractivity contribution in [3.05, 3.63) is 23.9 Å². The van der Waals surface area contributed by atoms with Crippen molar-refractivity contribution in [2.75, 3.05) is 5.73 Å². The molecule has 0 bridgehead atoms. The standard InChI is InChI=1S/C11H13N3/c1-14-11(7-5-6-7)10-8(12)3-2-4-9(10)13-14/h2-4,7H,5-6,12H2,1H3. The summed E-state index contributed by atoms with van der Waals surface area (Å²) < 4.78 is 1.98. The van der Waals surface area contributed by atoms with Crippen molar-refractivity contribution in [2.24, 2.45) is 7.05 Å². The topological polar surface area (TPSA) is 43.8 Å². The van der Waals surface area contributed by atoms with Crippen LogP contribution in [0, 0.1) is 0 Å². The van der Waals surface area contributed by atoms with E-state index in [2.05, 4.69) is 5.10 Å². The third kappa shape index (κ3) is 0.953. The van der Waals surface area contributed by atoms with Crippen LogP contribution in [0.5, 0.6) is 0 Å². The highest BCUT2D eigenvalue weighted by atomic mass is 15.3. The number of benzene rings is 1. The molecule has 1 aliphatic rings. The van der Waals surface area contributed by atoms with E-state index in [0.29, 0.717) is 5.92 Å². The second-order valence-electron chi connectivity index (χ2n) is 4.02. The average molecular weight is 187 g/mol. The van der Waals surface area contributed by atoms with Gasteiger partial charge in [-0.05, 0) is 25.0 Å². The van der Waals surface area contributed by atoms with Gasteiger partial charge in [0.05, 0.1) is 11.2 Å². The Morgan fingerprint density at radius 2 is 2.21 bits per heavy atom. The average Bonchev–Trinajstić information content (AvgIpc) is 2.90. The van der Waals surface area contributed by atoms with E-state index in [0.717, 1.165) is 16.6 Å². The fraction of sp³-hybridized carbons (Fsp3) is 0.364. The van der Waals surface area contributed by atoms with Crippen molar-refractivity contribution in [1.82, 2.24) is 9.78 Å². The van der Waals surface area contributed by atoms with Crippen LogP contribution in [0.3, 0.4) is 0 Å². The number of aromatic nitrogens is 2. The minimum absolute atomic E-state index is 0.690. The molecule has 1 heterocycles. The second kappa shape index (κ2) is 2.50. The van der Waals surface area contributed by atoms with Gasteiger partial charge in [-0.25, -0.2) is 0 Å². The summed E-state index contributed by atoms with van der Waals surface area (Å²) in [7, 11) is 2.01. The molecule has 0 radical (unpaired) electrons. The number of nitrogens with zero attached hydrogens (tertiary/aromatic N) is 2. The summed E-state index contributed by atoms with van der Waals surface area (Å²) in [5, 5.41) is 5.64. The van der Waals surface area contributed by atoms with E-state index in [-0.39, 0.29) is 0 Å². The SMILES string of the molecule is Cn1nc2cccc(N)c2c1C1CC1. The van der Waals surface area contributed by atoms with Crippen molar-refractivity contribution in [3.8, 4) is 0 Å². The molecule has 0 amide bonds. The first-order valence-corrected chi connectivity index (χ1v) is 4.98. The molecule has 1 aromatic heterocycles. The molecule has 0 saturated heterocycles. The molecular weight excluding hydrogens is 174 g/mol. The van der Waals surface area contributed by atoms with Gasteiger partial charge in [-0.2, -0.15) is 5.10 Å². The van der Waals surface area contributed by atoms with Crippen LogP contribution < -0.4 is 5.73 Å². The van der Waals surface area contributed by atoms with Gasteiger partial charge in [0.1, 0.15) is 0 Å². The Kier molecular flexibility index (Phi) is 1.40. The lowest BCUT2D eigenvalue weighted by Crippen LogP contribution is -1.96. The Balaban J connectivity index is 2.39. The summed E-state index contributed by atoms with van der Waals surface area (Å²) in [5.74, 6) is 0.690. The minimum atomic E-state index is 0.690. The fourth-order valence-corrected chi connectivity index (χ4v) is 2.12.